The molecule has 0 spiro atoms. The van der Waals surface area contributed by atoms with Gasteiger partial charge in [-0.25, -0.2) is 28.9 Å². The van der Waals surface area contributed by atoms with Crippen LogP contribution in [0, 0.1) is 17.7 Å². The number of fused-ring (bicyclic) bond motifs is 5. The summed E-state index contributed by atoms with van der Waals surface area (Å²) in [4.78, 5) is 77.4. The summed E-state index contributed by atoms with van der Waals surface area (Å²) < 4.78 is 35.4. The topological polar surface area (TPSA) is 202 Å². The van der Waals surface area contributed by atoms with Gasteiger partial charge in [-0.2, -0.15) is 0 Å². The normalized spacial score (nSPS) is 19.8. The number of likely N-dealkylation sites (tertiary alicyclic amines) is 2. The van der Waals surface area contributed by atoms with Crippen LogP contribution in [0.3, 0.4) is 0 Å². The molecular weight excluding hydrogens is 892 g/mol. The van der Waals surface area contributed by atoms with Crippen LogP contribution in [0.15, 0.2) is 55.0 Å². The summed E-state index contributed by atoms with van der Waals surface area (Å²) in [6.45, 7) is 8.56. The van der Waals surface area contributed by atoms with Crippen molar-refractivity contribution in [1.82, 2.24) is 49.9 Å². The van der Waals surface area contributed by atoms with Crippen molar-refractivity contribution in [3.8, 4) is 39.5 Å². The third kappa shape index (κ3) is 8.23. The number of alkyl carbamates (subject to hydrolysis) is 2. The van der Waals surface area contributed by atoms with Crippen molar-refractivity contribution >= 4 is 46.2 Å². The van der Waals surface area contributed by atoms with Crippen LogP contribution in [-0.4, -0.2) is 103 Å². The number of halogens is 1. The quantitative estimate of drug-likeness (QED) is 0.0921. The number of rotatable bonds is 12. The molecule has 6 aromatic rings. The minimum atomic E-state index is -0.772. The smallest absolute Gasteiger partial charge is 0.407 e. The van der Waals surface area contributed by atoms with E-state index < -0.39 is 36.3 Å². The van der Waals surface area contributed by atoms with Gasteiger partial charge in [0.15, 0.2) is 0 Å². The maximum Gasteiger partial charge on any atom is 0.407 e. The highest BCUT2D eigenvalue weighted by atomic mass is 32.1. The molecule has 5 atom stereocenters. The van der Waals surface area contributed by atoms with E-state index in [-0.39, 0.29) is 35.7 Å². The number of aromatic amines is 2. The molecule has 4 N–H and O–H groups in total. The van der Waals surface area contributed by atoms with Crippen LogP contribution in [0.4, 0.5) is 14.0 Å². The number of amides is 4. The molecule has 1 saturated carbocycles. The number of nitrogens with one attached hydrogen (secondary N) is 4. The number of thiazole rings is 1. The fraction of sp³-hybridized carbons (Fsp3) is 0.449. The maximum atomic E-state index is 16.9. The standard InChI is InChI=1S/C49H55FN10O7S/c1-24(2)40(56-48(63)65-5)45(61)58-15-7-9-34(58)42-51-21-31(54-42)27-13-14-33-29(17-27)19-36-39-30(50)18-28(20-37(39)67-47(60(33)36)38-23-53-44(68-38)26-11-12-26)32-22-52-43(55-32)35-10-8-16-59(35)46(62)41(25(3)4)57-49(64)66-6/h13-14,17-26,34-35,40-41,47H,7-12,15-16H2,1-6H3,(H,51,54)(H,52,55)(H,56,63)(H,57,64)/t34-,35-,40?,41?,47-/m0/s1. The van der Waals surface area contributed by atoms with Gasteiger partial charge in [-0.05, 0) is 80.7 Å². The highest BCUT2D eigenvalue weighted by Gasteiger charge is 2.40. The molecule has 3 fully saturated rings. The van der Waals surface area contributed by atoms with Gasteiger partial charge in [0.1, 0.15) is 35.3 Å². The number of carbonyl (C=O) groups is 4. The third-order valence-corrected chi connectivity index (χ3v) is 14.8. The van der Waals surface area contributed by atoms with E-state index in [4.69, 9.17) is 29.2 Å². The van der Waals surface area contributed by atoms with Crippen LogP contribution in [0.2, 0.25) is 0 Å². The Kier molecular flexibility index (Phi) is 12.0. The lowest BCUT2D eigenvalue weighted by molar-refractivity contribution is -0.136. The van der Waals surface area contributed by atoms with Crippen LogP contribution >= 0.6 is 11.3 Å². The van der Waals surface area contributed by atoms with Gasteiger partial charge in [-0.1, -0.05) is 33.8 Å². The highest BCUT2D eigenvalue weighted by molar-refractivity contribution is 7.11. The van der Waals surface area contributed by atoms with Gasteiger partial charge in [-0.15, -0.1) is 11.3 Å². The van der Waals surface area contributed by atoms with Gasteiger partial charge in [0.2, 0.25) is 18.0 Å². The first-order valence-electron chi connectivity index (χ1n) is 23.3. The molecule has 2 unspecified atom stereocenters. The van der Waals surface area contributed by atoms with E-state index >= 15 is 4.39 Å². The molecule has 1 aliphatic carbocycles. The first-order valence-corrected chi connectivity index (χ1v) is 24.1. The second-order valence-electron chi connectivity index (χ2n) is 18.8. The number of methoxy groups -OCH3 is 2. The number of benzene rings is 2. The number of ether oxygens (including phenoxy) is 3. The van der Waals surface area contributed by atoms with Crippen LogP contribution < -0.4 is 15.4 Å². The number of hydrogen-bond donors (Lipinski definition) is 4. The van der Waals surface area contributed by atoms with Crippen molar-refractivity contribution < 1.29 is 37.8 Å². The number of nitrogens with zero attached hydrogens (tertiary/aromatic N) is 6. The number of hydrogen-bond acceptors (Lipinski definition) is 11. The van der Waals surface area contributed by atoms with Crippen molar-refractivity contribution in [3.05, 3.63) is 82.3 Å². The number of H-pyrrole nitrogens is 2. The van der Waals surface area contributed by atoms with Crippen molar-refractivity contribution in [2.45, 2.75) is 103 Å². The molecule has 4 amide bonds. The first kappa shape index (κ1) is 45.0. The molecule has 0 radical (unpaired) electrons. The maximum absolute atomic E-state index is 16.9. The van der Waals surface area contributed by atoms with Crippen molar-refractivity contribution in [2.75, 3.05) is 27.3 Å². The second-order valence-corrected chi connectivity index (χ2v) is 19.9. The number of imidazole rings is 2. The molecule has 10 rings (SSSR count). The summed E-state index contributed by atoms with van der Waals surface area (Å²) >= 11 is 1.62. The van der Waals surface area contributed by atoms with E-state index in [1.165, 1.54) is 20.3 Å². The average molecular weight is 947 g/mol. The largest absolute Gasteiger partial charge is 0.464 e. The fourth-order valence-corrected chi connectivity index (χ4v) is 11.0. The van der Waals surface area contributed by atoms with Crippen LogP contribution in [0.1, 0.15) is 112 Å². The molecule has 2 aromatic carbocycles. The molecule has 2 saturated heterocycles. The van der Waals surface area contributed by atoms with Gasteiger partial charge in [0.05, 0.1) is 76.7 Å². The SMILES string of the molecule is COC(=O)NC(C(=O)N1CCC[C@H]1c1ncc(-c2cc(F)c3c(c2)O[C@@H](c2cnc(C4CC4)s2)n2c-3cc3cc(-c4cnc([C@@H]5CCCN5C(=O)C(NC(=O)OC)C(C)C)[nH]4)ccc32)[nH]1)C(C)C. The lowest BCUT2D eigenvalue weighted by Gasteiger charge is -2.30. The summed E-state index contributed by atoms with van der Waals surface area (Å²) in [5.41, 5.74) is 4.57. The van der Waals surface area contributed by atoms with Crippen molar-refractivity contribution in [3.63, 3.8) is 0 Å². The predicted molar refractivity (Wildman–Crippen MR) is 251 cm³/mol. The molecule has 4 aromatic heterocycles. The van der Waals surface area contributed by atoms with Gasteiger partial charge in [0, 0.05) is 41.7 Å². The number of aromatic nitrogens is 6. The average Bonchev–Trinajstić information content (AvgIpc) is 4.05. The van der Waals surface area contributed by atoms with Gasteiger partial charge in [-0.3, -0.25) is 14.2 Å². The zero-order chi connectivity index (χ0) is 47.5. The molecule has 19 heteroatoms. The van der Waals surface area contributed by atoms with Gasteiger partial charge >= 0.3 is 12.2 Å². The molecule has 68 heavy (non-hydrogen) atoms. The van der Waals surface area contributed by atoms with E-state index in [1.807, 2.05) is 68.8 Å². The van der Waals surface area contributed by atoms with Crippen LogP contribution in [0.5, 0.6) is 5.75 Å². The Balaban J connectivity index is 0.963. The Bertz CT molecular complexity index is 2920. The minimum Gasteiger partial charge on any atom is -0.464 e. The molecule has 7 heterocycles. The fourth-order valence-electron chi connectivity index (χ4n) is 9.91. The number of carbonyl (C=O) groups excluding carboxylic acids is 4. The molecule has 0 bridgehead atoms. The Morgan fingerprint density at radius 2 is 1.35 bits per heavy atom. The Morgan fingerprint density at radius 3 is 1.91 bits per heavy atom. The Labute approximate surface area is 396 Å². The summed E-state index contributed by atoms with van der Waals surface area (Å²) in [6, 6.07) is 9.21. The van der Waals surface area contributed by atoms with E-state index in [9.17, 15) is 19.2 Å². The van der Waals surface area contributed by atoms with Crippen molar-refractivity contribution in [2.24, 2.45) is 11.8 Å². The van der Waals surface area contributed by atoms with Gasteiger partial charge < -0.3 is 44.6 Å². The zero-order valence-corrected chi connectivity index (χ0v) is 39.6. The molecule has 17 nitrogen and oxygen atoms in total. The van der Waals surface area contributed by atoms with Crippen LogP contribution in [-0.2, 0) is 19.1 Å². The van der Waals surface area contributed by atoms with E-state index in [1.54, 1.807) is 33.5 Å². The Morgan fingerprint density at radius 1 is 0.765 bits per heavy atom. The third-order valence-electron chi connectivity index (χ3n) is 13.6. The lowest BCUT2D eigenvalue weighted by atomic mass is 10.0. The van der Waals surface area contributed by atoms with Crippen molar-refractivity contribution in [1.29, 1.82) is 0 Å². The summed E-state index contributed by atoms with van der Waals surface area (Å²) in [6.07, 6.45) is 8.51. The summed E-state index contributed by atoms with van der Waals surface area (Å²) in [5, 5.41) is 7.33. The summed E-state index contributed by atoms with van der Waals surface area (Å²) in [5.74, 6) is 0.851. The molecular formula is C49H55FN10O7S. The minimum absolute atomic E-state index is 0.153. The molecule has 4 aliphatic rings. The van der Waals surface area contributed by atoms with E-state index in [2.05, 4.69) is 20.6 Å². The summed E-state index contributed by atoms with van der Waals surface area (Å²) in [7, 11) is 2.55. The van der Waals surface area contributed by atoms with E-state index in [0.717, 1.165) is 64.1 Å². The molecule has 3 aliphatic heterocycles. The highest BCUT2D eigenvalue weighted by Crippen LogP contribution is 2.50. The molecule has 356 valence electrons. The monoisotopic (exact) mass is 946 g/mol. The van der Waals surface area contributed by atoms with Gasteiger partial charge in [0.25, 0.3) is 0 Å². The van der Waals surface area contributed by atoms with Crippen LogP contribution in [0.25, 0.3) is 44.7 Å². The second kappa shape index (κ2) is 18.0. The zero-order valence-electron chi connectivity index (χ0n) is 38.8. The predicted octanol–water partition coefficient (Wildman–Crippen LogP) is 8.59. The Hall–Kier alpha value is -6.76. The first-order chi connectivity index (χ1) is 32.8. The van der Waals surface area contributed by atoms with E-state index in [0.29, 0.717) is 65.3 Å². The lowest BCUT2D eigenvalue weighted by Crippen LogP contribution is -2.51.